The van der Waals surface area contributed by atoms with E-state index >= 15 is 0 Å². The van der Waals surface area contributed by atoms with Gasteiger partial charge in [0.15, 0.2) is 0 Å². The highest BCUT2D eigenvalue weighted by atomic mass is 32.2. The molecular formula is C21H32N4O2S. The van der Waals surface area contributed by atoms with Gasteiger partial charge in [0.2, 0.25) is 15.0 Å². The zero-order chi connectivity index (χ0) is 20.1. The number of piperazine rings is 1. The number of aryl methyl sites for hydroxylation is 1. The van der Waals surface area contributed by atoms with E-state index in [1.165, 1.54) is 5.56 Å². The fourth-order valence-electron chi connectivity index (χ4n) is 3.72. The number of aromatic nitrogens is 2. The van der Waals surface area contributed by atoms with E-state index in [0.717, 1.165) is 44.7 Å². The lowest BCUT2D eigenvalue weighted by atomic mass is 10.1. The molecule has 0 radical (unpaired) electrons. The van der Waals surface area contributed by atoms with Crippen LogP contribution in [-0.4, -0.2) is 66.2 Å². The van der Waals surface area contributed by atoms with Crippen molar-refractivity contribution < 1.29 is 8.42 Å². The molecule has 1 aromatic carbocycles. The van der Waals surface area contributed by atoms with Crippen molar-refractivity contribution >= 4 is 9.84 Å². The molecule has 2 aromatic rings. The minimum atomic E-state index is -3.34. The summed E-state index contributed by atoms with van der Waals surface area (Å²) >= 11 is 0. The molecule has 0 bridgehead atoms. The second-order valence-corrected chi connectivity index (χ2v) is 9.91. The van der Waals surface area contributed by atoms with Gasteiger partial charge in [0.25, 0.3) is 0 Å². The van der Waals surface area contributed by atoms with Crippen LogP contribution in [0.1, 0.15) is 31.5 Å². The van der Waals surface area contributed by atoms with Gasteiger partial charge in [0.05, 0.1) is 17.6 Å². The third-order valence-electron chi connectivity index (χ3n) is 5.68. The van der Waals surface area contributed by atoms with E-state index in [2.05, 4.69) is 40.9 Å². The van der Waals surface area contributed by atoms with E-state index in [1.54, 1.807) is 13.1 Å². The van der Waals surface area contributed by atoms with Gasteiger partial charge in [-0.05, 0) is 32.4 Å². The average molecular weight is 405 g/mol. The van der Waals surface area contributed by atoms with Crippen LogP contribution in [0.15, 0.2) is 41.7 Å². The van der Waals surface area contributed by atoms with Crippen molar-refractivity contribution in [1.29, 1.82) is 0 Å². The second kappa shape index (κ2) is 9.20. The molecule has 1 aliphatic rings. The highest BCUT2D eigenvalue weighted by molar-refractivity contribution is 7.91. The number of imidazole rings is 1. The molecule has 0 saturated carbocycles. The fourth-order valence-corrected chi connectivity index (χ4v) is 4.73. The lowest BCUT2D eigenvalue weighted by Crippen LogP contribution is -2.49. The predicted octanol–water partition coefficient (Wildman–Crippen LogP) is 2.45. The number of benzene rings is 1. The molecule has 1 unspecified atom stereocenters. The van der Waals surface area contributed by atoms with Crippen LogP contribution in [0.2, 0.25) is 0 Å². The summed E-state index contributed by atoms with van der Waals surface area (Å²) in [6, 6.07) is 10.8. The van der Waals surface area contributed by atoms with Gasteiger partial charge in [-0.25, -0.2) is 13.4 Å². The highest BCUT2D eigenvalue weighted by Gasteiger charge is 2.25. The Morgan fingerprint density at radius 2 is 1.93 bits per heavy atom. The molecule has 0 spiro atoms. The van der Waals surface area contributed by atoms with Crippen molar-refractivity contribution in [3.63, 3.8) is 0 Å². The van der Waals surface area contributed by atoms with Gasteiger partial charge in [-0.2, -0.15) is 0 Å². The number of sulfone groups is 1. The molecule has 0 N–H and O–H groups in total. The third kappa shape index (κ3) is 5.01. The molecule has 3 rings (SSSR count). The van der Waals surface area contributed by atoms with Crippen molar-refractivity contribution in [3.8, 4) is 0 Å². The van der Waals surface area contributed by atoms with Crippen LogP contribution in [0.3, 0.4) is 0 Å². The molecule has 0 amide bonds. The first-order valence-corrected chi connectivity index (χ1v) is 11.8. The molecule has 1 aromatic heterocycles. The number of hydrogen-bond donors (Lipinski definition) is 0. The Kier molecular flexibility index (Phi) is 6.91. The topological polar surface area (TPSA) is 58.4 Å². The molecule has 0 aliphatic carbocycles. The second-order valence-electron chi connectivity index (χ2n) is 7.74. The predicted molar refractivity (Wildman–Crippen MR) is 112 cm³/mol. The molecule has 7 heteroatoms. The molecule has 1 atom stereocenters. The number of likely N-dealkylation sites (N-methyl/N-ethyl adjacent to an activating group) is 1. The molecule has 2 heterocycles. The summed E-state index contributed by atoms with van der Waals surface area (Å²) in [6.45, 7) is 8.34. The van der Waals surface area contributed by atoms with Crippen LogP contribution in [0.4, 0.5) is 0 Å². The van der Waals surface area contributed by atoms with Gasteiger partial charge in [0.1, 0.15) is 0 Å². The SMILES string of the molecule is CCS(=O)(=O)c1ncc(CN2CCN(C)C(C)C2)n1CCCc1ccccc1. The summed E-state index contributed by atoms with van der Waals surface area (Å²) in [5, 5.41) is 0.222. The molecule has 6 nitrogen and oxygen atoms in total. The fraction of sp³-hybridized carbons (Fsp3) is 0.571. The van der Waals surface area contributed by atoms with Crippen LogP contribution in [0.25, 0.3) is 0 Å². The van der Waals surface area contributed by atoms with Gasteiger partial charge in [-0.1, -0.05) is 37.3 Å². The molecule has 1 fully saturated rings. The minimum Gasteiger partial charge on any atom is -0.318 e. The zero-order valence-corrected chi connectivity index (χ0v) is 18.0. The summed E-state index contributed by atoms with van der Waals surface area (Å²) in [5.41, 5.74) is 2.27. The van der Waals surface area contributed by atoms with Crippen LogP contribution in [-0.2, 0) is 29.3 Å². The maximum absolute atomic E-state index is 12.6. The summed E-state index contributed by atoms with van der Waals surface area (Å²) in [6.07, 6.45) is 3.57. The zero-order valence-electron chi connectivity index (χ0n) is 17.2. The summed E-state index contributed by atoms with van der Waals surface area (Å²) in [5.74, 6) is 0.0771. The van der Waals surface area contributed by atoms with Crippen molar-refractivity contribution in [1.82, 2.24) is 19.4 Å². The van der Waals surface area contributed by atoms with Gasteiger partial charge in [0, 0.05) is 38.8 Å². The summed E-state index contributed by atoms with van der Waals surface area (Å²) < 4.78 is 27.0. The highest BCUT2D eigenvalue weighted by Crippen LogP contribution is 2.18. The molecule has 28 heavy (non-hydrogen) atoms. The smallest absolute Gasteiger partial charge is 0.227 e. The first kappa shape index (κ1) is 21.0. The Morgan fingerprint density at radius 3 is 2.61 bits per heavy atom. The molecular weight excluding hydrogens is 372 g/mol. The minimum absolute atomic E-state index is 0.0771. The van der Waals surface area contributed by atoms with E-state index in [9.17, 15) is 8.42 Å². The van der Waals surface area contributed by atoms with Gasteiger partial charge >= 0.3 is 0 Å². The van der Waals surface area contributed by atoms with Crippen molar-refractivity contribution in [3.05, 3.63) is 47.8 Å². The first-order valence-electron chi connectivity index (χ1n) is 10.1. The Morgan fingerprint density at radius 1 is 1.18 bits per heavy atom. The number of rotatable bonds is 8. The summed E-state index contributed by atoms with van der Waals surface area (Å²) in [7, 11) is -1.18. The number of hydrogen-bond acceptors (Lipinski definition) is 5. The van der Waals surface area contributed by atoms with Crippen LogP contribution >= 0.6 is 0 Å². The Bertz CT molecular complexity index is 864. The molecule has 1 aliphatic heterocycles. The maximum Gasteiger partial charge on any atom is 0.227 e. The standard InChI is InChI=1S/C21H32N4O2S/c1-4-28(26,27)21-22-15-20(17-24-14-13-23(3)18(2)16-24)25(21)12-8-11-19-9-6-5-7-10-19/h5-7,9-10,15,18H,4,8,11-14,16-17H2,1-3H3. The number of nitrogens with zero attached hydrogens (tertiary/aromatic N) is 4. The quantitative estimate of drug-likeness (QED) is 0.676. The normalized spacial score (nSPS) is 19.2. The van der Waals surface area contributed by atoms with Gasteiger partial charge in [-0.15, -0.1) is 0 Å². The van der Waals surface area contributed by atoms with Crippen molar-refractivity contribution in [2.24, 2.45) is 0 Å². The first-order chi connectivity index (χ1) is 13.4. The monoisotopic (exact) mass is 404 g/mol. The van der Waals surface area contributed by atoms with E-state index in [4.69, 9.17) is 0 Å². The third-order valence-corrected chi connectivity index (χ3v) is 7.32. The Hall–Kier alpha value is -1.70. The molecule has 154 valence electrons. The lowest BCUT2D eigenvalue weighted by molar-refractivity contribution is 0.0979. The van der Waals surface area contributed by atoms with E-state index in [1.807, 2.05) is 22.8 Å². The van der Waals surface area contributed by atoms with Crippen LogP contribution in [0.5, 0.6) is 0 Å². The van der Waals surface area contributed by atoms with E-state index in [-0.39, 0.29) is 10.9 Å². The summed E-state index contributed by atoms with van der Waals surface area (Å²) in [4.78, 5) is 9.08. The van der Waals surface area contributed by atoms with Crippen LogP contribution in [0, 0.1) is 0 Å². The Labute approximate surface area is 169 Å². The maximum atomic E-state index is 12.6. The average Bonchev–Trinajstić information content (AvgIpc) is 3.09. The molecule has 1 saturated heterocycles. The van der Waals surface area contributed by atoms with Crippen molar-refractivity contribution in [2.45, 2.75) is 51.0 Å². The van der Waals surface area contributed by atoms with Gasteiger partial charge in [-0.3, -0.25) is 4.90 Å². The lowest BCUT2D eigenvalue weighted by Gasteiger charge is -2.37. The van der Waals surface area contributed by atoms with E-state index in [0.29, 0.717) is 12.6 Å². The Balaban J connectivity index is 1.76. The van der Waals surface area contributed by atoms with Crippen molar-refractivity contribution in [2.75, 3.05) is 32.4 Å². The van der Waals surface area contributed by atoms with Gasteiger partial charge < -0.3 is 9.47 Å². The largest absolute Gasteiger partial charge is 0.318 e. The van der Waals surface area contributed by atoms with Crippen LogP contribution < -0.4 is 0 Å². The van der Waals surface area contributed by atoms with E-state index < -0.39 is 9.84 Å².